The van der Waals surface area contributed by atoms with Crippen molar-refractivity contribution in [3.8, 4) is 29.1 Å². The van der Waals surface area contributed by atoms with Crippen LogP contribution in [0.3, 0.4) is 0 Å². The first kappa shape index (κ1) is 20.8. The van der Waals surface area contributed by atoms with E-state index in [2.05, 4.69) is 6.07 Å². The molecule has 146 valence electrons. The predicted octanol–water partition coefficient (Wildman–Crippen LogP) is 2.92. The summed E-state index contributed by atoms with van der Waals surface area (Å²) in [4.78, 5) is 11.6. The van der Waals surface area contributed by atoms with Crippen molar-refractivity contribution in [2.45, 2.75) is 6.92 Å². The van der Waals surface area contributed by atoms with Gasteiger partial charge in [0.1, 0.15) is 0 Å². The number of rotatable bonds is 8. The van der Waals surface area contributed by atoms with E-state index in [9.17, 15) is 10.1 Å². The van der Waals surface area contributed by atoms with Crippen LogP contribution >= 0.6 is 0 Å². The number of allylic oxidation sites excluding steroid dienone is 1. The van der Waals surface area contributed by atoms with Crippen LogP contribution in [0.1, 0.15) is 18.1 Å². The van der Waals surface area contributed by atoms with Gasteiger partial charge in [0.2, 0.25) is 0 Å². The maximum Gasteiger partial charge on any atom is 0.325 e. The Bertz CT molecular complexity index is 915. The van der Waals surface area contributed by atoms with Crippen LogP contribution in [0.15, 0.2) is 42.5 Å². The Morgan fingerprint density at radius 3 is 2.11 bits per heavy atom. The van der Waals surface area contributed by atoms with Gasteiger partial charge in [0, 0.05) is 6.08 Å². The minimum atomic E-state index is -0.593. The molecule has 2 rings (SSSR count). The zero-order valence-corrected chi connectivity index (χ0v) is 16.0. The number of ether oxygens (including phenoxy) is 4. The third kappa shape index (κ3) is 4.81. The van der Waals surface area contributed by atoms with Crippen molar-refractivity contribution in [3.63, 3.8) is 0 Å². The normalized spacial score (nSPS) is 10.8. The number of carbonyl (C=O) groups is 1. The molecule has 2 aromatic carbocycles. The molecular formula is C21H22N2O5. The number of hydrogen-bond acceptors (Lipinski definition) is 7. The summed E-state index contributed by atoms with van der Waals surface area (Å²) in [6.07, 6.45) is 1.41. The summed E-state index contributed by atoms with van der Waals surface area (Å²) in [5, 5.41) is 9.28. The van der Waals surface area contributed by atoms with Crippen molar-refractivity contribution in [2.75, 3.05) is 27.4 Å². The third-order valence-electron chi connectivity index (χ3n) is 3.85. The highest BCUT2D eigenvalue weighted by Crippen LogP contribution is 2.36. The van der Waals surface area contributed by atoms with Gasteiger partial charge >= 0.3 is 5.97 Å². The average Bonchev–Trinajstić information content (AvgIpc) is 2.72. The molecule has 28 heavy (non-hydrogen) atoms. The lowest BCUT2D eigenvalue weighted by Gasteiger charge is -2.15. The van der Waals surface area contributed by atoms with E-state index in [1.807, 2.05) is 13.0 Å². The molecule has 2 aromatic rings. The summed E-state index contributed by atoms with van der Waals surface area (Å²) in [5.74, 6) is 1.16. The number of carbonyl (C=O) groups excluding carboxylic acids is 1. The van der Waals surface area contributed by atoms with Crippen LogP contribution in [0.2, 0.25) is 0 Å². The molecule has 0 spiro atoms. The maximum atomic E-state index is 11.6. The van der Waals surface area contributed by atoms with E-state index >= 15 is 0 Å². The van der Waals surface area contributed by atoms with Crippen LogP contribution < -0.4 is 24.7 Å². The first-order valence-electron chi connectivity index (χ1n) is 8.58. The van der Waals surface area contributed by atoms with Gasteiger partial charge < -0.3 is 24.7 Å². The van der Waals surface area contributed by atoms with E-state index < -0.39 is 5.97 Å². The fraction of sp³-hybridized carbons (Fsp3) is 0.238. The molecule has 0 aliphatic heterocycles. The van der Waals surface area contributed by atoms with Crippen LogP contribution in [-0.2, 0) is 4.79 Å². The van der Waals surface area contributed by atoms with Crippen molar-refractivity contribution < 1.29 is 23.7 Å². The second kappa shape index (κ2) is 10.00. The van der Waals surface area contributed by atoms with E-state index in [0.717, 1.165) is 5.56 Å². The first-order valence-corrected chi connectivity index (χ1v) is 8.58. The van der Waals surface area contributed by atoms with Gasteiger partial charge in [-0.15, -0.1) is 0 Å². The quantitative estimate of drug-likeness (QED) is 0.425. The lowest BCUT2D eigenvalue weighted by Crippen LogP contribution is -2.19. The average molecular weight is 382 g/mol. The Morgan fingerprint density at radius 1 is 1.04 bits per heavy atom. The maximum absolute atomic E-state index is 11.6. The number of nitrogens with two attached hydrogens (primary N) is 1. The molecule has 0 amide bonds. The Morgan fingerprint density at radius 2 is 1.61 bits per heavy atom. The molecule has 2 N–H and O–H groups in total. The fourth-order valence-electron chi connectivity index (χ4n) is 2.60. The Kier molecular flexibility index (Phi) is 7.43. The van der Waals surface area contributed by atoms with Crippen molar-refractivity contribution in [1.29, 1.82) is 5.26 Å². The summed E-state index contributed by atoms with van der Waals surface area (Å²) in [5.41, 5.74) is 7.35. The van der Waals surface area contributed by atoms with Gasteiger partial charge in [-0.05, 0) is 47.9 Å². The first-order chi connectivity index (χ1) is 13.6. The summed E-state index contributed by atoms with van der Waals surface area (Å²) in [7, 11) is 3.03. The van der Waals surface area contributed by atoms with Crippen LogP contribution in [0, 0.1) is 11.3 Å². The minimum absolute atomic E-state index is 0.220. The van der Waals surface area contributed by atoms with Gasteiger partial charge in [-0.1, -0.05) is 12.1 Å². The number of hydrogen-bond donors (Lipinski definition) is 1. The molecule has 0 unspecified atom stereocenters. The lowest BCUT2D eigenvalue weighted by atomic mass is 9.97. The highest BCUT2D eigenvalue weighted by atomic mass is 16.6. The molecule has 0 radical (unpaired) electrons. The number of nitriles is 1. The molecule has 0 heterocycles. The monoisotopic (exact) mass is 382 g/mol. The Balaban J connectivity index is 2.54. The topological polar surface area (TPSA) is 104 Å². The largest absolute Gasteiger partial charge is 0.493 e. The SMILES string of the molecule is CCOc1cc(C(=CC#N)c2ccc(OC)c(OC(=O)CN)c2)ccc1OC. The van der Waals surface area contributed by atoms with E-state index in [0.29, 0.717) is 35.0 Å². The molecule has 0 bridgehead atoms. The minimum Gasteiger partial charge on any atom is -0.493 e. The molecule has 0 aromatic heterocycles. The van der Waals surface area contributed by atoms with Crippen LogP contribution in [0.5, 0.6) is 23.0 Å². The van der Waals surface area contributed by atoms with Crippen molar-refractivity contribution in [1.82, 2.24) is 0 Å². The molecular weight excluding hydrogens is 360 g/mol. The van der Waals surface area contributed by atoms with Crippen LogP contribution in [0.4, 0.5) is 0 Å². The second-order valence-electron chi connectivity index (χ2n) is 5.53. The summed E-state index contributed by atoms with van der Waals surface area (Å²) in [6, 6.07) is 12.5. The van der Waals surface area contributed by atoms with E-state index in [4.69, 9.17) is 24.7 Å². The van der Waals surface area contributed by atoms with Crippen molar-refractivity contribution in [2.24, 2.45) is 5.73 Å². The van der Waals surface area contributed by atoms with E-state index in [1.165, 1.54) is 13.2 Å². The standard InChI is InChI=1S/C21H22N2O5/c1-4-27-19-11-14(5-7-17(19)25-2)16(9-10-22)15-6-8-18(26-3)20(12-15)28-21(24)13-23/h5-9,11-12H,4,13,23H2,1-3H3. The van der Waals surface area contributed by atoms with Gasteiger partial charge in [-0.3, -0.25) is 4.79 Å². The van der Waals surface area contributed by atoms with E-state index in [1.54, 1.807) is 37.4 Å². The highest BCUT2D eigenvalue weighted by molar-refractivity contribution is 5.84. The number of benzene rings is 2. The second-order valence-corrected chi connectivity index (χ2v) is 5.53. The van der Waals surface area contributed by atoms with Crippen LogP contribution in [-0.4, -0.2) is 33.3 Å². The smallest absolute Gasteiger partial charge is 0.325 e. The summed E-state index contributed by atoms with van der Waals surface area (Å²) < 4.78 is 21.4. The van der Waals surface area contributed by atoms with Gasteiger partial charge in [0.15, 0.2) is 23.0 Å². The molecule has 0 saturated carbocycles. The Hall–Kier alpha value is -3.50. The lowest BCUT2D eigenvalue weighted by molar-refractivity contribution is -0.132. The molecule has 0 atom stereocenters. The number of methoxy groups -OCH3 is 2. The molecule has 0 saturated heterocycles. The molecule has 0 aliphatic rings. The van der Waals surface area contributed by atoms with Gasteiger partial charge in [0.05, 0.1) is 33.4 Å². The van der Waals surface area contributed by atoms with Gasteiger partial charge in [0.25, 0.3) is 0 Å². The van der Waals surface area contributed by atoms with Gasteiger partial charge in [-0.25, -0.2) is 0 Å². The zero-order valence-electron chi connectivity index (χ0n) is 16.0. The van der Waals surface area contributed by atoms with Crippen molar-refractivity contribution in [3.05, 3.63) is 53.6 Å². The highest BCUT2D eigenvalue weighted by Gasteiger charge is 2.15. The third-order valence-corrected chi connectivity index (χ3v) is 3.85. The zero-order chi connectivity index (χ0) is 20.5. The van der Waals surface area contributed by atoms with E-state index in [-0.39, 0.29) is 12.3 Å². The summed E-state index contributed by atoms with van der Waals surface area (Å²) >= 11 is 0. The molecule has 7 heteroatoms. The molecule has 7 nitrogen and oxygen atoms in total. The number of esters is 1. The van der Waals surface area contributed by atoms with Crippen LogP contribution in [0.25, 0.3) is 5.57 Å². The van der Waals surface area contributed by atoms with Crippen molar-refractivity contribution >= 4 is 11.5 Å². The Labute approximate surface area is 163 Å². The predicted molar refractivity (Wildman–Crippen MR) is 105 cm³/mol. The molecule has 0 fully saturated rings. The van der Waals surface area contributed by atoms with Gasteiger partial charge in [-0.2, -0.15) is 5.26 Å². The molecule has 0 aliphatic carbocycles. The number of nitrogens with zero attached hydrogens (tertiary/aromatic N) is 1. The fourth-order valence-corrected chi connectivity index (χ4v) is 2.60. The summed E-state index contributed by atoms with van der Waals surface area (Å²) in [6.45, 7) is 2.09.